The van der Waals surface area contributed by atoms with Crippen LogP contribution in [-0.4, -0.2) is 36.2 Å². The smallest absolute Gasteiger partial charge is 0.338 e. The van der Waals surface area contributed by atoms with Gasteiger partial charge in [0.2, 0.25) is 6.79 Å². The Morgan fingerprint density at radius 1 is 1.17 bits per heavy atom. The molecular weight excluding hydrogens is 568 g/mol. The molecule has 3 aromatic carbocycles. The molecule has 2 aliphatic heterocycles. The van der Waals surface area contributed by atoms with E-state index < -0.39 is 12.0 Å². The number of benzene rings is 3. The Morgan fingerprint density at radius 2 is 1.95 bits per heavy atom. The molecule has 0 spiro atoms. The molecule has 1 N–H and O–H groups in total. The second-order valence-corrected chi connectivity index (χ2v) is 10.5. The van der Waals surface area contributed by atoms with Crippen LogP contribution >= 0.6 is 22.9 Å². The lowest BCUT2D eigenvalue weighted by atomic mass is 9.93. The molecule has 0 radical (unpaired) electrons. The van der Waals surface area contributed by atoms with Crippen molar-refractivity contribution in [3.05, 3.63) is 108 Å². The number of ether oxygens (including phenoxy) is 4. The first-order valence-electron chi connectivity index (χ1n) is 12.6. The van der Waals surface area contributed by atoms with Crippen LogP contribution in [0.1, 0.15) is 29.7 Å². The van der Waals surface area contributed by atoms with E-state index in [9.17, 15) is 14.7 Å². The van der Waals surface area contributed by atoms with E-state index >= 15 is 0 Å². The summed E-state index contributed by atoms with van der Waals surface area (Å²) < 4.78 is 23.7. The van der Waals surface area contributed by atoms with Crippen LogP contribution in [0.3, 0.4) is 0 Å². The van der Waals surface area contributed by atoms with Gasteiger partial charge in [-0.25, -0.2) is 9.79 Å². The standard InChI is InChI=1S/C30H23ClN2O7S/c1-3-38-29(36)24-25(17-7-5-4-6-8-17)32-30-33(26(24)18-9-10-20-21(14-18)40-15-39-20)28(35)23(41-30)13-16-11-19(31)27(34)22(12-16)37-2/h4-14,26,34H,3,15H2,1-2H3/b23-13-/t26-/m0/s1. The third-order valence-corrected chi connectivity index (χ3v) is 7.93. The minimum Gasteiger partial charge on any atom is -0.503 e. The topological polar surface area (TPSA) is 109 Å². The number of esters is 1. The Hall–Kier alpha value is -4.54. The fourth-order valence-corrected chi connectivity index (χ4v) is 6.04. The van der Waals surface area contributed by atoms with E-state index in [1.807, 2.05) is 30.3 Å². The van der Waals surface area contributed by atoms with Crippen LogP contribution in [-0.2, 0) is 9.53 Å². The molecule has 0 saturated carbocycles. The summed E-state index contributed by atoms with van der Waals surface area (Å²) in [5, 5.41) is 10.2. The number of fused-ring (bicyclic) bond motifs is 2. The van der Waals surface area contributed by atoms with Crippen LogP contribution in [0.15, 0.2) is 76.0 Å². The highest BCUT2D eigenvalue weighted by atomic mass is 35.5. The maximum Gasteiger partial charge on any atom is 0.338 e. The Bertz CT molecular complexity index is 1900. The van der Waals surface area contributed by atoms with Gasteiger partial charge in [-0.2, -0.15) is 0 Å². The van der Waals surface area contributed by atoms with Gasteiger partial charge in [0.15, 0.2) is 27.8 Å². The second-order valence-electron chi connectivity index (χ2n) is 9.10. The van der Waals surface area contributed by atoms with Crippen molar-refractivity contribution in [1.82, 2.24) is 4.57 Å². The van der Waals surface area contributed by atoms with Gasteiger partial charge in [-0.1, -0.05) is 59.3 Å². The highest BCUT2D eigenvalue weighted by molar-refractivity contribution is 7.07. The molecule has 2 aliphatic rings. The number of nitrogens with zero attached hydrogens (tertiary/aromatic N) is 2. The lowest BCUT2D eigenvalue weighted by Gasteiger charge is -2.26. The predicted octanol–water partition coefficient (Wildman–Crippen LogP) is 4.03. The average molecular weight is 591 g/mol. The van der Waals surface area contributed by atoms with Crippen molar-refractivity contribution >= 4 is 40.7 Å². The summed E-state index contributed by atoms with van der Waals surface area (Å²) in [5.41, 5.74) is 2.15. The van der Waals surface area contributed by atoms with Crippen molar-refractivity contribution in [3.63, 3.8) is 0 Å². The predicted molar refractivity (Wildman–Crippen MR) is 153 cm³/mol. The number of phenolic OH excluding ortho intramolecular Hbond substituents is 1. The maximum absolute atomic E-state index is 14.0. The molecule has 208 valence electrons. The van der Waals surface area contributed by atoms with Gasteiger partial charge >= 0.3 is 5.97 Å². The number of rotatable bonds is 6. The number of phenols is 1. The largest absolute Gasteiger partial charge is 0.503 e. The molecule has 0 fully saturated rings. The van der Waals surface area contributed by atoms with E-state index in [4.69, 9.17) is 35.5 Å². The Labute approximate surface area is 242 Å². The Balaban J connectivity index is 1.64. The van der Waals surface area contributed by atoms with Crippen LogP contribution in [0, 0.1) is 0 Å². The number of hydrogen-bond donors (Lipinski definition) is 1. The monoisotopic (exact) mass is 590 g/mol. The fraction of sp³-hybridized carbons (Fsp3) is 0.167. The summed E-state index contributed by atoms with van der Waals surface area (Å²) in [4.78, 5) is 32.9. The zero-order chi connectivity index (χ0) is 28.7. The second kappa shape index (κ2) is 10.8. The van der Waals surface area contributed by atoms with Crippen LogP contribution < -0.4 is 29.1 Å². The molecule has 4 aromatic rings. The molecule has 11 heteroatoms. The van der Waals surface area contributed by atoms with E-state index in [1.54, 1.807) is 37.3 Å². The Morgan fingerprint density at radius 3 is 2.71 bits per heavy atom. The van der Waals surface area contributed by atoms with Gasteiger partial charge in [0.05, 0.1) is 40.6 Å². The molecular formula is C30H23ClN2O7S. The number of hydrogen-bond acceptors (Lipinski definition) is 9. The number of carbonyl (C=O) groups excluding carboxylic acids is 1. The van der Waals surface area contributed by atoms with E-state index in [1.165, 1.54) is 29.1 Å². The maximum atomic E-state index is 14.0. The Kier molecular flexibility index (Phi) is 7.02. The van der Waals surface area contributed by atoms with E-state index in [-0.39, 0.29) is 41.1 Å². The van der Waals surface area contributed by atoms with Gasteiger partial charge in [0.25, 0.3) is 5.56 Å². The molecule has 0 aliphatic carbocycles. The van der Waals surface area contributed by atoms with Gasteiger partial charge < -0.3 is 24.1 Å². The third kappa shape index (κ3) is 4.75. The minimum atomic E-state index is -0.866. The van der Waals surface area contributed by atoms with Crippen LogP contribution in [0.4, 0.5) is 0 Å². The van der Waals surface area contributed by atoms with Crippen molar-refractivity contribution < 1.29 is 28.8 Å². The summed E-state index contributed by atoms with van der Waals surface area (Å²) in [6.07, 6.45) is 1.64. The summed E-state index contributed by atoms with van der Waals surface area (Å²) in [6, 6.07) is 16.9. The van der Waals surface area contributed by atoms with Crippen molar-refractivity contribution in [1.29, 1.82) is 0 Å². The number of aromatic nitrogens is 1. The zero-order valence-electron chi connectivity index (χ0n) is 21.9. The van der Waals surface area contributed by atoms with E-state index in [0.29, 0.717) is 43.2 Å². The summed E-state index contributed by atoms with van der Waals surface area (Å²) in [7, 11) is 1.41. The molecule has 0 unspecified atom stereocenters. The third-order valence-electron chi connectivity index (χ3n) is 6.65. The van der Waals surface area contributed by atoms with Crippen molar-refractivity contribution in [2.45, 2.75) is 13.0 Å². The average Bonchev–Trinajstić information content (AvgIpc) is 3.58. The quantitative estimate of drug-likeness (QED) is 0.338. The van der Waals surface area contributed by atoms with Crippen LogP contribution in [0.5, 0.6) is 23.0 Å². The lowest BCUT2D eigenvalue weighted by Crippen LogP contribution is -2.40. The molecule has 6 rings (SSSR count). The number of aromatic hydroxyl groups is 1. The number of carbonyl (C=O) groups is 1. The molecule has 3 heterocycles. The minimum absolute atomic E-state index is 0.0794. The van der Waals surface area contributed by atoms with Crippen molar-refractivity contribution in [2.24, 2.45) is 4.99 Å². The highest BCUT2D eigenvalue weighted by Crippen LogP contribution is 2.40. The van der Waals surface area contributed by atoms with Gasteiger partial charge in [0, 0.05) is 5.56 Å². The van der Waals surface area contributed by atoms with Crippen molar-refractivity contribution in [3.8, 4) is 23.0 Å². The summed E-state index contributed by atoms with van der Waals surface area (Å²) in [6.45, 7) is 1.95. The van der Waals surface area contributed by atoms with Crippen molar-refractivity contribution in [2.75, 3.05) is 20.5 Å². The first kappa shape index (κ1) is 26.7. The number of thiazole rings is 1. The molecule has 0 bridgehead atoms. The lowest BCUT2D eigenvalue weighted by molar-refractivity contribution is -0.138. The fourth-order valence-electron chi connectivity index (χ4n) is 4.82. The molecule has 0 amide bonds. The highest BCUT2D eigenvalue weighted by Gasteiger charge is 2.36. The molecule has 1 aromatic heterocycles. The molecule has 1 atom stereocenters. The molecule has 9 nitrogen and oxygen atoms in total. The van der Waals surface area contributed by atoms with E-state index in [2.05, 4.69) is 0 Å². The van der Waals surface area contributed by atoms with Gasteiger partial charge in [-0.05, 0) is 48.4 Å². The number of halogens is 1. The van der Waals surface area contributed by atoms with E-state index in [0.717, 1.165) is 0 Å². The first-order chi connectivity index (χ1) is 19.9. The van der Waals surface area contributed by atoms with Crippen LogP contribution in [0.25, 0.3) is 11.8 Å². The zero-order valence-corrected chi connectivity index (χ0v) is 23.5. The van der Waals surface area contributed by atoms with Crippen LogP contribution in [0.2, 0.25) is 5.02 Å². The summed E-state index contributed by atoms with van der Waals surface area (Å²) in [5.74, 6) is 0.483. The molecule has 41 heavy (non-hydrogen) atoms. The summed E-state index contributed by atoms with van der Waals surface area (Å²) >= 11 is 7.37. The van der Waals surface area contributed by atoms with Gasteiger partial charge in [0.1, 0.15) is 0 Å². The SMILES string of the molecule is CCOC(=O)C1=C(c2ccccc2)N=c2s/c(=C\c3cc(Cl)c(O)c(OC)c3)c(=O)n2[C@H]1c1ccc2c(c1)OCO2. The molecule has 0 saturated heterocycles. The van der Waals surface area contributed by atoms with Gasteiger partial charge in [-0.15, -0.1) is 0 Å². The van der Waals surface area contributed by atoms with Gasteiger partial charge in [-0.3, -0.25) is 9.36 Å². The normalized spacial score (nSPS) is 15.9. The number of methoxy groups -OCH3 is 1. The first-order valence-corrected chi connectivity index (χ1v) is 13.8.